The Bertz CT molecular complexity index is 756. The first-order valence-electron chi connectivity index (χ1n) is 11.3. The molecule has 0 unspecified atom stereocenters. The maximum absolute atomic E-state index is 14.8. The van der Waals surface area contributed by atoms with Crippen molar-refractivity contribution in [2.24, 2.45) is 10.7 Å². The van der Waals surface area contributed by atoms with Crippen LogP contribution in [0.2, 0.25) is 0 Å². The maximum Gasteiger partial charge on any atom is 0.314 e. The number of carbonyl (C=O) groups excluding carboxylic acids is 1. The number of rotatable bonds is 6. The van der Waals surface area contributed by atoms with Crippen LogP contribution in [-0.2, 0) is 6.54 Å². The Hall–Kier alpha value is -2.55. The second kappa shape index (κ2) is 11.2. The normalized spacial score (nSPS) is 18.9. The first-order valence-corrected chi connectivity index (χ1v) is 11.3. The number of piperazine rings is 1. The number of nitrogens with one attached hydrogen (secondary N) is 2. The van der Waals surface area contributed by atoms with Gasteiger partial charge in [0.1, 0.15) is 5.82 Å². The van der Waals surface area contributed by atoms with Crippen molar-refractivity contribution in [3.63, 3.8) is 0 Å². The molecular weight excluding hydrogens is 397 g/mol. The Labute approximate surface area is 184 Å². The average molecular weight is 434 g/mol. The number of carbonyl (C=O) groups is 1. The van der Waals surface area contributed by atoms with Crippen LogP contribution >= 0.6 is 0 Å². The van der Waals surface area contributed by atoms with Gasteiger partial charge in [-0.1, -0.05) is 13.0 Å². The number of anilines is 1. The molecule has 1 aromatic carbocycles. The number of aliphatic imine (C=N–C) groups is 1. The van der Waals surface area contributed by atoms with Crippen LogP contribution < -0.4 is 21.3 Å². The Morgan fingerprint density at radius 1 is 1.16 bits per heavy atom. The quantitative estimate of drug-likeness (QED) is 0.468. The molecule has 0 aromatic heterocycles. The highest BCUT2D eigenvalue weighted by atomic mass is 19.1. The molecule has 0 radical (unpaired) electrons. The third-order valence-electron chi connectivity index (χ3n) is 6.08. The number of likely N-dealkylation sites (tertiary alicyclic amines) is 1. The average Bonchev–Trinajstić information content (AvgIpc) is 2.78. The highest BCUT2D eigenvalue weighted by molar-refractivity contribution is 5.80. The van der Waals surface area contributed by atoms with Crippen molar-refractivity contribution in [1.82, 2.24) is 20.4 Å². The summed E-state index contributed by atoms with van der Waals surface area (Å²) >= 11 is 0. The summed E-state index contributed by atoms with van der Waals surface area (Å²) < 4.78 is 14.8. The Morgan fingerprint density at radius 3 is 2.45 bits per heavy atom. The largest absolute Gasteiger partial charge is 0.367 e. The van der Waals surface area contributed by atoms with E-state index in [1.54, 1.807) is 11.0 Å². The second-order valence-corrected chi connectivity index (χ2v) is 8.15. The number of primary amides is 1. The molecule has 2 fully saturated rings. The lowest BCUT2D eigenvalue weighted by atomic mass is 10.1. The number of nitrogens with two attached hydrogens (primary N) is 1. The van der Waals surface area contributed by atoms with Gasteiger partial charge in [-0.25, -0.2) is 14.2 Å². The number of amides is 2. The molecule has 4 N–H and O–H groups in total. The number of urea groups is 1. The van der Waals surface area contributed by atoms with E-state index in [0.29, 0.717) is 31.3 Å². The zero-order valence-corrected chi connectivity index (χ0v) is 18.7. The van der Waals surface area contributed by atoms with Gasteiger partial charge in [-0.2, -0.15) is 0 Å². The summed E-state index contributed by atoms with van der Waals surface area (Å²) in [6.45, 7) is 11.3. The molecule has 2 aliphatic rings. The molecular formula is C22H36FN7O. The van der Waals surface area contributed by atoms with Gasteiger partial charge < -0.3 is 31.1 Å². The number of benzene rings is 1. The Kier molecular flexibility index (Phi) is 8.34. The summed E-state index contributed by atoms with van der Waals surface area (Å²) in [7, 11) is 0. The molecule has 172 valence electrons. The predicted octanol–water partition coefficient (Wildman–Crippen LogP) is 1.57. The SMILES string of the molecule is CCNC(=NCc1ccc(N2CCN(CC)CC2)c(F)c1)NC1CCN(C(N)=O)CC1. The van der Waals surface area contributed by atoms with E-state index >= 15 is 0 Å². The van der Waals surface area contributed by atoms with E-state index in [1.165, 1.54) is 0 Å². The molecule has 1 aromatic rings. The molecule has 2 amide bonds. The van der Waals surface area contributed by atoms with Gasteiger partial charge in [0.2, 0.25) is 0 Å². The fourth-order valence-electron chi connectivity index (χ4n) is 4.14. The van der Waals surface area contributed by atoms with Gasteiger partial charge in [0.15, 0.2) is 5.96 Å². The van der Waals surface area contributed by atoms with Gasteiger partial charge in [-0.15, -0.1) is 0 Å². The summed E-state index contributed by atoms with van der Waals surface area (Å²) in [5, 5.41) is 6.68. The van der Waals surface area contributed by atoms with E-state index in [2.05, 4.69) is 32.3 Å². The lowest BCUT2D eigenvalue weighted by Crippen LogP contribution is -2.50. The molecule has 31 heavy (non-hydrogen) atoms. The lowest BCUT2D eigenvalue weighted by Gasteiger charge is -2.35. The number of guanidine groups is 1. The van der Waals surface area contributed by atoms with Crippen LogP contribution in [0.4, 0.5) is 14.9 Å². The van der Waals surface area contributed by atoms with Crippen molar-refractivity contribution in [3.8, 4) is 0 Å². The van der Waals surface area contributed by atoms with Gasteiger partial charge in [0, 0.05) is 51.9 Å². The highest BCUT2D eigenvalue weighted by Crippen LogP contribution is 2.22. The monoisotopic (exact) mass is 433 g/mol. The molecule has 0 spiro atoms. The van der Waals surface area contributed by atoms with Crippen LogP contribution in [-0.4, -0.2) is 80.2 Å². The molecule has 2 saturated heterocycles. The standard InChI is InChI=1S/C22H36FN7O/c1-3-25-22(27-18-7-9-30(10-8-18)21(24)31)26-16-17-5-6-20(19(23)15-17)29-13-11-28(4-2)12-14-29/h5-6,15,18H,3-4,7-14,16H2,1-2H3,(H2,24,31)(H2,25,26,27). The van der Waals surface area contributed by atoms with E-state index in [-0.39, 0.29) is 17.9 Å². The summed E-state index contributed by atoms with van der Waals surface area (Å²) in [4.78, 5) is 22.1. The minimum atomic E-state index is -0.364. The van der Waals surface area contributed by atoms with Crippen molar-refractivity contribution in [1.29, 1.82) is 0 Å². The van der Waals surface area contributed by atoms with Crippen LogP contribution in [0.1, 0.15) is 32.3 Å². The molecule has 0 bridgehead atoms. The number of nitrogens with zero attached hydrogens (tertiary/aromatic N) is 4. The molecule has 0 aliphatic carbocycles. The third kappa shape index (κ3) is 6.46. The minimum Gasteiger partial charge on any atom is -0.367 e. The van der Waals surface area contributed by atoms with Crippen molar-refractivity contribution < 1.29 is 9.18 Å². The van der Waals surface area contributed by atoms with E-state index in [9.17, 15) is 9.18 Å². The molecule has 3 rings (SSSR count). The Morgan fingerprint density at radius 2 is 1.87 bits per heavy atom. The van der Waals surface area contributed by atoms with Gasteiger partial charge in [0.25, 0.3) is 0 Å². The summed E-state index contributed by atoms with van der Waals surface area (Å²) in [6, 6.07) is 5.30. The van der Waals surface area contributed by atoms with Gasteiger partial charge in [-0.3, -0.25) is 0 Å². The number of piperidine rings is 1. The van der Waals surface area contributed by atoms with Gasteiger partial charge >= 0.3 is 6.03 Å². The van der Waals surface area contributed by atoms with E-state index in [1.807, 2.05) is 19.1 Å². The van der Waals surface area contributed by atoms with E-state index in [0.717, 1.165) is 57.7 Å². The fraction of sp³-hybridized carbons (Fsp3) is 0.636. The Balaban J connectivity index is 1.57. The lowest BCUT2D eigenvalue weighted by molar-refractivity contribution is 0.188. The van der Waals surface area contributed by atoms with Gasteiger partial charge in [-0.05, 0) is 44.0 Å². The molecule has 2 aliphatic heterocycles. The fourth-order valence-corrected chi connectivity index (χ4v) is 4.14. The van der Waals surface area contributed by atoms with E-state index in [4.69, 9.17) is 5.73 Å². The number of hydrogen-bond acceptors (Lipinski definition) is 4. The minimum absolute atomic E-state index is 0.186. The summed E-state index contributed by atoms with van der Waals surface area (Å²) in [5.41, 5.74) is 6.87. The van der Waals surface area contributed by atoms with E-state index < -0.39 is 0 Å². The topological polar surface area (TPSA) is 89.2 Å². The maximum atomic E-state index is 14.8. The second-order valence-electron chi connectivity index (χ2n) is 8.15. The molecule has 8 nitrogen and oxygen atoms in total. The molecule has 0 saturated carbocycles. The van der Waals surface area contributed by atoms with Crippen molar-refractivity contribution >= 4 is 17.7 Å². The zero-order chi connectivity index (χ0) is 22.2. The zero-order valence-electron chi connectivity index (χ0n) is 18.7. The van der Waals surface area contributed by atoms with Crippen LogP contribution in [0.25, 0.3) is 0 Å². The van der Waals surface area contributed by atoms with Crippen LogP contribution in [0.5, 0.6) is 0 Å². The first kappa shape index (κ1) is 23.1. The predicted molar refractivity (Wildman–Crippen MR) is 123 cm³/mol. The first-order chi connectivity index (χ1) is 15.0. The third-order valence-corrected chi connectivity index (χ3v) is 6.08. The molecule has 9 heteroatoms. The number of hydrogen-bond donors (Lipinski definition) is 3. The van der Waals surface area contributed by atoms with Gasteiger partial charge in [0.05, 0.1) is 12.2 Å². The molecule has 2 heterocycles. The number of halogens is 1. The summed E-state index contributed by atoms with van der Waals surface area (Å²) in [5.74, 6) is 0.523. The van der Waals surface area contributed by atoms with Crippen molar-refractivity contribution in [2.75, 3.05) is 57.3 Å². The van der Waals surface area contributed by atoms with Crippen LogP contribution in [0.3, 0.4) is 0 Å². The summed E-state index contributed by atoms with van der Waals surface area (Å²) in [6.07, 6.45) is 1.64. The van der Waals surface area contributed by atoms with Crippen LogP contribution in [0.15, 0.2) is 23.2 Å². The van der Waals surface area contributed by atoms with Crippen LogP contribution in [0, 0.1) is 5.82 Å². The van der Waals surface area contributed by atoms with Crippen molar-refractivity contribution in [2.45, 2.75) is 39.3 Å². The highest BCUT2D eigenvalue weighted by Gasteiger charge is 2.22. The smallest absolute Gasteiger partial charge is 0.314 e. The molecule has 0 atom stereocenters. The van der Waals surface area contributed by atoms with Crippen molar-refractivity contribution in [3.05, 3.63) is 29.6 Å². The number of likely N-dealkylation sites (N-methyl/N-ethyl adjacent to an activating group) is 1.